The van der Waals surface area contributed by atoms with Gasteiger partial charge in [0, 0.05) is 13.0 Å². The van der Waals surface area contributed by atoms with Crippen LogP contribution >= 0.6 is 0 Å². The smallest absolute Gasteiger partial charge is 0.326 e. The lowest BCUT2D eigenvalue weighted by Crippen LogP contribution is -2.59. The molecule has 188 valence electrons. The minimum Gasteiger partial charge on any atom is -0.508 e. The molecule has 11 nitrogen and oxygen atoms in total. The van der Waals surface area contributed by atoms with E-state index in [1.165, 1.54) is 24.0 Å². The topological polar surface area (TPSA) is 182 Å². The van der Waals surface area contributed by atoms with E-state index in [1.807, 2.05) is 0 Å². The highest BCUT2D eigenvalue weighted by molar-refractivity contribution is 5.94. The number of carbonyl (C=O) groups excluding carboxylic acids is 3. The summed E-state index contributed by atoms with van der Waals surface area (Å²) >= 11 is 0. The Balaban J connectivity index is 2.24. The van der Waals surface area contributed by atoms with E-state index >= 15 is 0 Å². The number of nitrogens with one attached hydrogen (secondary N) is 2. The third-order valence-electron chi connectivity index (χ3n) is 5.88. The second-order valence-electron chi connectivity index (χ2n) is 8.96. The maximum absolute atomic E-state index is 13.2. The summed E-state index contributed by atoms with van der Waals surface area (Å²) in [6.07, 6.45) is -0.217. The molecule has 1 aromatic carbocycles. The van der Waals surface area contributed by atoms with Crippen molar-refractivity contribution in [1.29, 1.82) is 0 Å². The number of benzene rings is 1. The number of carbonyl (C=O) groups is 4. The van der Waals surface area contributed by atoms with Crippen LogP contribution in [0.15, 0.2) is 24.3 Å². The number of phenols is 1. The second kappa shape index (κ2) is 11.8. The van der Waals surface area contributed by atoms with E-state index in [9.17, 15) is 34.5 Å². The monoisotopic (exact) mass is 478 g/mol. The highest BCUT2D eigenvalue weighted by atomic mass is 16.4. The maximum Gasteiger partial charge on any atom is 0.326 e. The van der Waals surface area contributed by atoms with Gasteiger partial charge in [0.1, 0.15) is 29.9 Å². The predicted molar refractivity (Wildman–Crippen MR) is 123 cm³/mol. The number of carboxylic acids is 1. The van der Waals surface area contributed by atoms with Crippen LogP contribution < -0.4 is 16.4 Å². The molecule has 0 bridgehead atoms. The Kier molecular flexibility index (Phi) is 9.39. The van der Waals surface area contributed by atoms with Crippen LogP contribution in [0.2, 0.25) is 0 Å². The number of hydrogen-bond donors (Lipinski definition) is 6. The van der Waals surface area contributed by atoms with E-state index in [0.717, 1.165) is 0 Å². The van der Waals surface area contributed by atoms with Crippen LogP contribution in [-0.2, 0) is 25.6 Å². The van der Waals surface area contributed by atoms with Crippen molar-refractivity contribution in [2.24, 2.45) is 11.7 Å². The second-order valence-corrected chi connectivity index (χ2v) is 8.96. The van der Waals surface area contributed by atoms with E-state index in [4.69, 9.17) is 5.73 Å². The minimum absolute atomic E-state index is 0.0326. The SMILES string of the molecule is CC(C)C(NC(=O)C(Cc1ccc(O)cc1)NC(=O)C(N)C(C)O)C(=O)N1CCCC1C(=O)O. The van der Waals surface area contributed by atoms with E-state index in [1.54, 1.807) is 26.0 Å². The standard InChI is InChI=1S/C23H34N4O7/c1-12(2)19(22(32)27-10-4-5-17(27)23(33)34)26-20(30)16(25-21(31)18(24)13(3)28)11-14-6-8-15(29)9-7-14/h6-9,12-13,16-19,28-29H,4-5,10-11,24H2,1-3H3,(H,25,31)(H,26,30)(H,33,34). The van der Waals surface area contributed by atoms with Gasteiger partial charge in [-0.05, 0) is 43.4 Å². The zero-order chi connectivity index (χ0) is 25.6. The number of aliphatic carboxylic acids is 1. The Morgan fingerprint density at radius 2 is 1.71 bits per heavy atom. The molecular formula is C23H34N4O7. The van der Waals surface area contributed by atoms with Crippen molar-refractivity contribution >= 4 is 23.7 Å². The Morgan fingerprint density at radius 3 is 2.24 bits per heavy atom. The van der Waals surface area contributed by atoms with Crippen molar-refractivity contribution < 1.29 is 34.5 Å². The number of likely N-dealkylation sites (tertiary alicyclic amines) is 1. The fourth-order valence-electron chi connectivity index (χ4n) is 3.80. The largest absolute Gasteiger partial charge is 0.508 e. The van der Waals surface area contributed by atoms with Crippen molar-refractivity contribution in [3.8, 4) is 5.75 Å². The lowest BCUT2D eigenvalue weighted by Gasteiger charge is -2.31. The van der Waals surface area contributed by atoms with Crippen molar-refractivity contribution in [3.05, 3.63) is 29.8 Å². The number of nitrogens with zero attached hydrogens (tertiary/aromatic N) is 1. The van der Waals surface area contributed by atoms with Crippen LogP contribution in [0.5, 0.6) is 5.75 Å². The normalized spacial score (nSPS) is 19.2. The first-order valence-electron chi connectivity index (χ1n) is 11.3. The van der Waals surface area contributed by atoms with Crippen molar-refractivity contribution in [2.45, 2.75) is 70.3 Å². The Morgan fingerprint density at radius 1 is 1.09 bits per heavy atom. The maximum atomic E-state index is 13.2. The highest BCUT2D eigenvalue weighted by Crippen LogP contribution is 2.20. The molecule has 0 aromatic heterocycles. The van der Waals surface area contributed by atoms with Crippen LogP contribution in [0.25, 0.3) is 0 Å². The predicted octanol–water partition coefficient (Wildman–Crippen LogP) is -0.656. The summed E-state index contributed by atoms with van der Waals surface area (Å²) < 4.78 is 0. The number of amides is 3. The van der Waals surface area contributed by atoms with E-state index in [2.05, 4.69) is 10.6 Å². The fraction of sp³-hybridized carbons (Fsp3) is 0.565. The molecule has 3 amide bonds. The first-order chi connectivity index (χ1) is 15.9. The number of aliphatic hydroxyl groups is 1. The molecule has 34 heavy (non-hydrogen) atoms. The zero-order valence-corrected chi connectivity index (χ0v) is 19.6. The molecule has 5 unspecified atom stereocenters. The number of carboxylic acid groups (broad SMARTS) is 1. The number of nitrogens with two attached hydrogens (primary N) is 1. The first-order valence-corrected chi connectivity index (χ1v) is 11.3. The van der Waals surface area contributed by atoms with Crippen molar-refractivity contribution in [2.75, 3.05) is 6.54 Å². The van der Waals surface area contributed by atoms with Gasteiger partial charge in [0.15, 0.2) is 0 Å². The molecule has 1 saturated heterocycles. The molecule has 1 aliphatic heterocycles. The van der Waals surface area contributed by atoms with Gasteiger partial charge in [0.05, 0.1) is 6.10 Å². The van der Waals surface area contributed by atoms with Crippen molar-refractivity contribution in [1.82, 2.24) is 15.5 Å². The molecule has 1 aliphatic rings. The number of hydrogen-bond acceptors (Lipinski definition) is 7. The Bertz CT molecular complexity index is 888. The fourth-order valence-corrected chi connectivity index (χ4v) is 3.80. The quantitative estimate of drug-likeness (QED) is 0.256. The van der Waals surface area contributed by atoms with Gasteiger partial charge in [-0.25, -0.2) is 4.79 Å². The lowest BCUT2D eigenvalue weighted by molar-refractivity contribution is -0.150. The summed E-state index contributed by atoms with van der Waals surface area (Å²) in [5, 5.41) is 33.8. The highest BCUT2D eigenvalue weighted by Gasteiger charge is 2.39. The summed E-state index contributed by atoms with van der Waals surface area (Å²) in [7, 11) is 0. The van der Waals surface area contributed by atoms with Gasteiger partial charge in [0.2, 0.25) is 17.7 Å². The van der Waals surface area contributed by atoms with E-state index in [0.29, 0.717) is 18.4 Å². The molecule has 1 aromatic rings. The van der Waals surface area contributed by atoms with Gasteiger partial charge >= 0.3 is 5.97 Å². The minimum atomic E-state index is -1.27. The Hall–Kier alpha value is -3.18. The van der Waals surface area contributed by atoms with Crippen LogP contribution in [0.3, 0.4) is 0 Å². The molecule has 0 radical (unpaired) electrons. The van der Waals surface area contributed by atoms with Crippen LogP contribution in [0, 0.1) is 5.92 Å². The van der Waals surface area contributed by atoms with Crippen LogP contribution in [0.1, 0.15) is 39.2 Å². The summed E-state index contributed by atoms with van der Waals surface area (Å²) in [5.74, 6) is -3.30. The number of aromatic hydroxyl groups is 1. The van der Waals surface area contributed by atoms with Crippen LogP contribution in [-0.4, -0.2) is 80.7 Å². The van der Waals surface area contributed by atoms with Gasteiger partial charge in [-0.3, -0.25) is 14.4 Å². The van der Waals surface area contributed by atoms with Gasteiger partial charge < -0.3 is 36.6 Å². The molecule has 0 saturated carbocycles. The first kappa shape index (κ1) is 27.1. The molecule has 1 fully saturated rings. The van der Waals surface area contributed by atoms with E-state index in [-0.39, 0.29) is 24.6 Å². The molecule has 5 atom stereocenters. The van der Waals surface area contributed by atoms with Gasteiger partial charge in [-0.2, -0.15) is 0 Å². The molecule has 2 rings (SSSR count). The molecule has 11 heteroatoms. The zero-order valence-electron chi connectivity index (χ0n) is 19.6. The van der Waals surface area contributed by atoms with E-state index < -0.39 is 54.0 Å². The van der Waals surface area contributed by atoms with Gasteiger partial charge in [0.25, 0.3) is 0 Å². The molecule has 0 spiro atoms. The van der Waals surface area contributed by atoms with Gasteiger partial charge in [-0.15, -0.1) is 0 Å². The lowest BCUT2D eigenvalue weighted by atomic mass is 9.99. The average molecular weight is 479 g/mol. The molecule has 0 aliphatic carbocycles. The average Bonchev–Trinajstić information content (AvgIpc) is 3.27. The Labute approximate surface area is 198 Å². The number of phenolic OH excluding ortho intramolecular Hbond substituents is 1. The molecule has 7 N–H and O–H groups in total. The third-order valence-corrected chi connectivity index (χ3v) is 5.88. The summed E-state index contributed by atoms with van der Waals surface area (Å²) in [6.45, 7) is 5.09. The van der Waals surface area contributed by atoms with Gasteiger partial charge in [-0.1, -0.05) is 26.0 Å². The molecular weight excluding hydrogens is 444 g/mol. The summed E-state index contributed by atoms with van der Waals surface area (Å²) in [5.41, 5.74) is 6.33. The van der Waals surface area contributed by atoms with Crippen LogP contribution in [0.4, 0.5) is 0 Å². The summed E-state index contributed by atoms with van der Waals surface area (Å²) in [6, 6.07) is 1.70. The summed E-state index contributed by atoms with van der Waals surface area (Å²) in [4.78, 5) is 51.6. The molecule has 1 heterocycles. The number of rotatable bonds is 10. The number of aliphatic hydroxyl groups excluding tert-OH is 1. The van der Waals surface area contributed by atoms with Crippen molar-refractivity contribution in [3.63, 3.8) is 0 Å². The third kappa shape index (κ3) is 6.91.